The van der Waals surface area contributed by atoms with Crippen LogP contribution >= 0.6 is 11.6 Å². The molecule has 1 aromatic heterocycles. The predicted octanol–water partition coefficient (Wildman–Crippen LogP) is 3.16. The molecule has 162 valence electrons. The highest BCUT2D eigenvalue weighted by molar-refractivity contribution is 7.88. The quantitative estimate of drug-likeness (QED) is 0.698. The number of benzene rings is 1. The fraction of sp³-hybridized carbons (Fsp3) is 0.524. The van der Waals surface area contributed by atoms with Crippen LogP contribution in [0, 0.1) is 0 Å². The van der Waals surface area contributed by atoms with E-state index in [-0.39, 0.29) is 5.75 Å². The maximum absolute atomic E-state index is 12.8. The number of halogens is 1. The number of hydrogen-bond donors (Lipinski definition) is 0. The third-order valence-corrected chi connectivity index (χ3v) is 8.05. The maximum atomic E-state index is 12.8. The molecule has 1 unspecified atom stereocenters. The van der Waals surface area contributed by atoms with Crippen LogP contribution in [0.4, 0.5) is 11.6 Å². The maximum Gasteiger partial charge on any atom is 0.218 e. The highest BCUT2D eigenvalue weighted by Gasteiger charge is 2.28. The second kappa shape index (κ2) is 9.08. The van der Waals surface area contributed by atoms with Crippen LogP contribution in [-0.2, 0) is 15.8 Å². The lowest BCUT2D eigenvalue weighted by atomic mass is 10.0. The standard InChI is InChI=1S/C21H28ClN5O2S/c1-17-4-2-3-11-27(17)21-10-9-20(23-24-21)25-12-14-26(15-13-25)30(28,29)16-18-5-7-19(22)8-6-18/h5-10,17H,2-4,11-16H2,1H3. The van der Waals surface area contributed by atoms with Gasteiger partial charge in [-0.25, -0.2) is 8.42 Å². The molecule has 3 heterocycles. The summed E-state index contributed by atoms with van der Waals surface area (Å²) in [5.41, 5.74) is 0.746. The van der Waals surface area contributed by atoms with E-state index in [1.807, 2.05) is 12.1 Å². The molecular formula is C21H28ClN5O2S. The number of anilines is 2. The van der Waals surface area contributed by atoms with Crippen LogP contribution < -0.4 is 9.80 Å². The highest BCUT2D eigenvalue weighted by Crippen LogP contribution is 2.24. The molecule has 2 aliphatic rings. The summed E-state index contributed by atoms with van der Waals surface area (Å²) in [7, 11) is -3.36. The first-order valence-corrected chi connectivity index (χ1v) is 12.5. The normalized spacial score (nSPS) is 21.1. The summed E-state index contributed by atoms with van der Waals surface area (Å²) in [6, 6.07) is 11.5. The first-order valence-electron chi connectivity index (χ1n) is 10.5. The van der Waals surface area contributed by atoms with E-state index in [1.54, 1.807) is 28.6 Å². The molecular weight excluding hydrogens is 422 g/mol. The average molecular weight is 450 g/mol. The van der Waals surface area contributed by atoms with Gasteiger partial charge >= 0.3 is 0 Å². The minimum absolute atomic E-state index is 0.00725. The molecule has 0 aliphatic carbocycles. The van der Waals surface area contributed by atoms with Gasteiger partial charge in [-0.15, -0.1) is 10.2 Å². The molecule has 7 nitrogen and oxygen atoms in total. The van der Waals surface area contributed by atoms with Crippen LogP contribution in [0.5, 0.6) is 0 Å². The average Bonchev–Trinajstić information content (AvgIpc) is 2.76. The summed E-state index contributed by atoms with van der Waals surface area (Å²) in [6.45, 7) is 5.37. The smallest absolute Gasteiger partial charge is 0.218 e. The summed E-state index contributed by atoms with van der Waals surface area (Å²) in [4.78, 5) is 4.42. The fourth-order valence-corrected chi connectivity index (χ4v) is 5.80. The second-order valence-electron chi connectivity index (χ2n) is 8.06. The number of sulfonamides is 1. The molecule has 4 rings (SSSR count). The number of piperazine rings is 1. The van der Waals surface area contributed by atoms with E-state index in [1.165, 1.54) is 19.3 Å². The molecule has 0 N–H and O–H groups in total. The van der Waals surface area contributed by atoms with E-state index < -0.39 is 10.0 Å². The van der Waals surface area contributed by atoms with Crippen LogP contribution in [-0.4, -0.2) is 61.7 Å². The molecule has 9 heteroatoms. The zero-order valence-electron chi connectivity index (χ0n) is 17.2. The van der Waals surface area contributed by atoms with Gasteiger partial charge in [0.1, 0.15) is 0 Å². The summed E-state index contributed by atoms with van der Waals surface area (Å²) >= 11 is 5.89. The van der Waals surface area contributed by atoms with Crippen molar-refractivity contribution in [2.24, 2.45) is 0 Å². The Morgan fingerprint density at radius 3 is 2.23 bits per heavy atom. The van der Waals surface area contributed by atoms with Crippen molar-refractivity contribution in [3.63, 3.8) is 0 Å². The van der Waals surface area contributed by atoms with Crippen molar-refractivity contribution in [1.82, 2.24) is 14.5 Å². The fourth-order valence-electron chi connectivity index (χ4n) is 4.16. The van der Waals surface area contributed by atoms with Gasteiger partial charge in [-0.1, -0.05) is 23.7 Å². The highest BCUT2D eigenvalue weighted by atomic mass is 35.5. The van der Waals surface area contributed by atoms with Gasteiger partial charge in [-0.3, -0.25) is 0 Å². The van der Waals surface area contributed by atoms with E-state index in [9.17, 15) is 8.42 Å². The molecule has 1 aromatic carbocycles. The van der Waals surface area contributed by atoms with Crippen LogP contribution in [0.25, 0.3) is 0 Å². The Morgan fingerprint density at radius 2 is 1.60 bits per heavy atom. The molecule has 2 aromatic rings. The van der Waals surface area contributed by atoms with Crippen LogP contribution in [0.3, 0.4) is 0 Å². The van der Waals surface area contributed by atoms with Crippen LogP contribution in [0.1, 0.15) is 31.7 Å². The van der Waals surface area contributed by atoms with Gasteiger partial charge in [-0.05, 0) is 56.0 Å². The van der Waals surface area contributed by atoms with Crippen molar-refractivity contribution in [2.45, 2.75) is 38.0 Å². The van der Waals surface area contributed by atoms with Crippen molar-refractivity contribution >= 4 is 33.3 Å². The van der Waals surface area contributed by atoms with E-state index in [4.69, 9.17) is 11.6 Å². The molecule has 30 heavy (non-hydrogen) atoms. The largest absolute Gasteiger partial charge is 0.352 e. The van der Waals surface area contributed by atoms with Crippen molar-refractivity contribution in [1.29, 1.82) is 0 Å². The Hall–Kier alpha value is -1.90. The minimum atomic E-state index is -3.36. The zero-order valence-corrected chi connectivity index (χ0v) is 18.8. The molecule has 0 amide bonds. The molecule has 0 saturated carbocycles. The number of piperidine rings is 1. The third-order valence-electron chi connectivity index (χ3n) is 5.95. The summed E-state index contributed by atoms with van der Waals surface area (Å²) in [6.07, 6.45) is 3.66. The molecule has 0 spiro atoms. The first kappa shape index (κ1) is 21.3. The number of rotatable bonds is 5. The van der Waals surface area contributed by atoms with Gasteiger partial charge in [0.05, 0.1) is 5.75 Å². The van der Waals surface area contributed by atoms with E-state index in [0.29, 0.717) is 37.2 Å². The van der Waals surface area contributed by atoms with Crippen LogP contribution in [0.15, 0.2) is 36.4 Å². The second-order valence-corrected chi connectivity index (χ2v) is 10.5. The van der Waals surface area contributed by atoms with Gasteiger partial charge in [0.15, 0.2) is 11.6 Å². The predicted molar refractivity (Wildman–Crippen MR) is 121 cm³/mol. The molecule has 0 bridgehead atoms. The SMILES string of the molecule is CC1CCCCN1c1ccc(N2CCN(S(=O)(=O)Cc3ccc(Cl)cc3)CC2)nn1. The van der Waals surface area contributed by atoms with Gasteiger partial charge in [0.25, 0.3) is 0 Å². The number of nitrogens with zero attached hydrogens (tertiary/aromatic N) is 5. The molecule has 2 saturated heterocycles. The van der Waals surface area contributed by atoms with Gasteiger partial charge in [-0.2, -0.15) is 4.31 Å². The molecule has 0 radical (unpaired) electrons. The van der Waals surface area contributed by atoms with E-state index in [2.05, 4.69) is 26.9 Å². The minimum Gasteiger partial charge on any atom is -0.352 e. The lowest BCUT2D eigenvalue weighted by molar-refractivity contribution is 0.383. The van der Waals surface area contributed by atoms with E-state index >= 15 is 0 Å². The van der Waals surface area contributed by atoms with Crippen LogP contribution in [0.2, 0.25) is 5.02 Å². The number of aromatic nitrogens is 2. The van der Waals surface area contributed by atoms with Gasteiger partial charge in [0, 0.05) is 43.8 Å². The van der Waals surface area contributed by atoms with Crippen molar-refractivity contribution in [3.8, 4) is 0 Å². The molecule has 2 fully saturated rings. The Labute approximate surface area is 183 Å². The summed E-state index contributed by atoms with van der Waals surface area (Å²) in [5, 5.41) is 9.48. The van der Waals surface area contributed by atoms with Crippen molar-refractivity contribution < 1.29 is 8.42 Å². The van der Waals surface area contributed by atoms with E-state index in [0.717, 1.165) is 23.7 Å². The lowest BCUT2D eigenvalue weighted by Crippen LogP contribution is -2.49. The van der Waals surface area contributed by atoms with Crippen molar-refractivity contribution in [3.05, 3.63) is 47.0 Å². The number of hydrogen-bond acceptors (Lipinski definition) is 6. The summed E-state index contributed by atoms with van der Waals surface area (Å²) < 4.78 is 27.1. The van der Waals surface area contributed by atoms with Gasteiger partial charge < -0.3 is 9.80 Å². The monoisotopic (exact) mass is 449 g/mol. The van der Waals surface area contributed by atoms with Gasteiger partial charge in [0.2, 0.25) is 10.0 Å². The Balaban J connectivity index is 1.35. The first-order chi connectivity index (χ1) is 14.4. The topological polar surface area (TPSA) is 69.6 Å². The zero-order chi connectivity index (χ0) is 21.1. The van der Waals surface area contributed by atoms with Crippen molar-refractivity contribution in [2.75, 3.05) is 42.5 Å². The molecule has 2 aliphatic heterocycles. The Morgan fingerprint density at radius 1 is 0.933 bits per heavy atom. The molecule has 1 atom stereocenters. The third kappa shape index (κ3) is 4.87. The Kier molecular flexibility index (Phi) is 6.46. The Bertz CT molecular complexity index is 944. The lowest BCUT2D eigenvalue weighted by Gasteiger charge is -2.35. The summed E-state index contributed by atoms with van der Waals surface area (Å²) in [5.74, 6) is 1.72.